The van der Waals surface area contributed by atoms with Crippen molar-refractivity contribution in [3.8, 4) is 0 Å². The maximum absolute atomic E-state index is 12.8. The van der Waals surface area contributed by atoms with Crippen molar-refractivity contribution in [2.45, 2.75) is 33.2 Å². The first kappa shape index (κ1) is 17.9. The van der Waals surface area contributed by atoms with Gasteiger partial charge in [0.05, 0.1) is 0 Å². The van der Waals surface area contributed by atoms with Gasteiger partial charge in [0.1, 0.15) is 0 Å². The number of hydrogen-bond acceptors (Lipinski definition) is 3. The molecular weight excluding hydrogens is 322 g/mol. The van der Waals surface area contributed by atoms with Crippen LogP contribution in [0, 0.1) is 12.8 Å². The second kappa shape index (κ2) is 7.52. The topological polar surface area (TPSA) is 43.9 Å². The molecule has 3 rings (SSSR count). The lowest BCUT2D eigenvalue weighted by Crippen LogP contribution is -2.54. The SMILES string of the molecule is Cc1ccccc1CN1CCN(S(=O)(=O)N2CCCC(C)C2)CC1. The third-order valence-corrected chi connectivity index (χ3v) is 7.26. The van der Waals surface area contributed by atoms with Gasteiger partial charge in [-0.2, -0.15) is 17.0 Å². The summed E-state index contributed by atoms with van der Waals surface area (Å²) in [5, 5.41) is 0. The van der Waals surface area contributed by atoms with Crippen LogP contribution >= 0.6 is 0 Å². The molecule has 0 spiro atoms. The molecule has 0 aliphatic carbocycles. The number of aryl methyl sites for hydroxylation is 1. The van der Waals surface area contributed by atoms with E-state index in [1.807, 2.05) is 0 Å². The summed E-state index contributed by atoms with van der Waals surface area (Å²) in [6.07, 6.45) is 2.11. The quantitative estimate of drug-likeness (QED) is 0.834. The summed E-state index contributed by atoms with van der Waals surface area (Å²) in [6.45, 7) is 9.32. The van der Waals surface area contributed by atoms with Gasteiger partial charge in [0.2, 0.25) is 0 Å². The minimum absolute atomic E-state index is 0.468. The Morgan fingerprint density at radius 2 is 1.75 bits per heavy atom. The summed E-state index contributed by atoms with van der Waals surface area (Å²) in [5.74, 6) is 0.468. The summed E-state index contributed by atoms with van der Waals surface area (Å²) >= 11 is 0. The van der Waals surface area contributed by atoms with Crippen LogP contribution in [0.25, 0.3) is 0 Å². The van der Waals surface area contributed by atoms with Crippen molar-refractivity contribution in [1.29, 1.82) is 0 Å². The lowest BCUT2D eigenvalue weighted by atomic mass is 10.0. The van der Waals surface area contributed by atoms with E-state index in [2.05, 4.69) is 43.0 Å². The number of hydrogen-bond donors (Lipinski definition) is 0. The largest absolute Gasteiger partial charge is 0.296 e. The first-order valence-corrected chi connectivity index (χ1v) is 10.4. The van der Waals surface area contributed by atoms with Gasteiger partial charge in [0.15, 0.2) is 0 Å². The fourth-order valence-electron chi connectivity index (χ4n) is 3.67. The van der Waals surface area contributed by atoms with Crippen molar-refractivity contribution in [2.75, 3.05) is 39.3 Å². The van der Waals surface area contributed by atoms with E-state index in [1.165, 1.54) is 11.1 Å². The van der Waals surface area contributed by atoms with Crippen molar-refractivity contribution >= 4 is 10.2 Å². The molecule has 0 bridgehead atoms. The highest BCUT2D eigenvalue weighted by Gasteiger charge is 2.34. The summed E-state index contributed by atoms with van der Waals surface area (Å²) < 4.78 is 29.0. The van der Waals surface area contributed by atoms with Gasteiger partial charge >= 0.3 is 0 Å². The maximum atomic E-state index is 12.8. The van der Waals surface area contributed by atoms with Crippen molar-refractivity contribution in [3.63, 3.8) is 0 Å². The lowest BCUT2D eigenvalue weighted by molar-refractivity contribution is 0.169. The predicted octanol–water partition coefficient (Wildman–Crippen LogP) is 2.09. The highest BCUT2D eigenvalue weighted by molar-refractivity contribution is 7.86. The Bertz CT molecular complexity index is 654. The molecule has 0 radical (unpaired) electrons. The van der Waals surface area contributed by atoms with E-state index in [1.54, 1.807) is 8.61 Å². The molecule has 2 fully saturated rings. The maximum Gasteiger partial charge on any atom is 0.282 e. The van der Waals surface area contributed by atoms with E-state index in [0.717, 1.165) is 32.5 Å². The fourth-order valence-corrected chi connectivity index (χ4v) is 5.42. The van der Waals surface area contributed by atoms with E-state index in [4.69, 9.17) is 0 Å². The Labute approximate surface area is 146 Å². The third kappa shape index (κ3) is 3.99. The summed E-state index contributed by atoms with van der Waals surface area (Å²) in [7, 11) is -3.28. The summed E-state index contributed by atoms with van der Waals surface area (Å²) in [6, 6.07) is 8.42. The Hall–Kier alpha value is -0.950. The molecule has 1 aromatic rings. The molecule has 0 N–H and O–H groups in total. The highest BCUT2D eigenvalue weighted by Crippen LogP contribution is 2.22. The zero-order valence-corrected chi connectivity index (χ0v) is 15.6. The summed E-state index contributed by atoms with van der Waals surface area (Å²) in [5.41, 5.74) is 2.63. The number of nitrogens with zero attached hydrogens (tertiary/aromatic N) is 3. The van der Waals surface area contributed by atoms with E-state index >= 15 is 0 Å². The van der Waals surface area contributed by atoms with Crippen LogP contribution in [0.1, 0.15) is 30.9 Å². The molecule has 6 heteroatoms. The highest BCUT2D eigenvalue weighted by atomic mass is 32.2. The van der Waals surface area contributed by atoms with E-state index < -0.39 is 10.2 Å². The van der Waals surface area contributed by atoms with Gasteiger partial charge < -0.3 is 0 Å². The first-order chi connectivity index (χ1) is 11.5. The number of piperazine rings is 1. The minimum Gasteiger partial charge on any atom is -0.296 e. The van der Waals surface area contributed by atoms with Crippen molar-refractivity contribution in [3.05, 3.63) is 35.4 Å². The normalized spacial score (nSPS) is 25.0. The molecule has 5 nitrogen and oxygen atoms in total. The molecule has 24 heavy (non-hydrogen) atoms. The molecular formula is C18H29N3O2S. The number of piperidine rings is 1. The molecule has 0 amide bonds. The van der Waals surface area contributed by atoms with E-state index in [9.17, 15) is 8.42 Å². The van der Waals surface area contributed by atoms with Gasteiger partial charge in [-0.15, -0.1) is 0 Å². The van der Waals surface area contributed by atoms with Gasteiger partial charge in [0.25, 0.3) is 10.2 Å². The smallest absolute Gasteiger partial charge is 0.282 e. The zero-order valence-electron chi connectivity index (χ0n) is 14.8. The second-order valence-electron chi connectivity index (χ2n) is 7.21. The molecule has 1 aromatic carbocycles. The van der Waals surface area contributed by atoms with Crippen LogP contribution in [0.2, 0.25) is 0 Å². The van der Waals surface area contributed by atoms with Crippen LogP contribution in [-0.4, -0.2) is 61.2 Å². The standard InChI is InChI=1S/C18H29N3O2S/c1-16-6-5-9-21(14-16)24(22,23)20-12-10-19(11-13-20)15-18-8-4-3-7-17(18)2/h3-4,7-8,16H,5-6,9-15H2,1-2H3. The minimum atomic E-state index is -3.28. The Balaban J connectivity index is 1.57. The molecule has 0 aromatic heterocycles. The van der Waals surface area contributed by atoms with Crippen LogP contribution in [0.4, 0.5) is 0 Å². The molecule has 2 heterocycles. The first-order valence-electron chi connectivity index (χ1n) is 8.99. The molecule has 2 saturated heterocycles. The Morgan fingerprint density at radius 3 is 2.42 bits per heavy atom. The van der Waals surface area contributed by atoms with Gasteiger partial charge in [-0.1, -0.05) is 31.2 Å². The van der Waals surface area contributed by atoms with Crippen LogP contribution < -0.4 is 0 Å². The van der Waals surface area contributed by atoms with E-state index in [-0.39, 0.29) is 0 Å². The van der Waals surface area contributed by atoms with Crippen LogP contribution in [0.5, 0.6) is 0 Å². The molecule has 0 saturated carbocycles. The summed E-state index contributed by atoms with van der Waals surface area (Å²) in [4.78, 5) is 2.35. The van der Waals surface area contributed by atoms with Crippen molar-refractivity contribution in [1.82, 2.24) is 13.5 Å². The average Bonchev–Trinajstić information content (AvgIpc) is 2.57. The van der Waals surface area contributed by atoms with Crippen molar-refractivity contribution < 1.29 is 8.42 Å². The van der Waals surface area contributed by atoms with Crippen LogP contribution in [0.3, 0.4) is 0 Å². The monoisotopic (exact) mass is 351 g/mol. The van der Waals surface area contributed by atoms with Gasteiger partial charge in [-0.3, -0.25) is 4.90 Å². The van der Waals surface area contributed by atoms with Gasteiger partial charge in [-0.05, 0) is 36.8 Å². The Kier molecular flexibility index (Phi) is 5.59. The Morgan fingerprint density at radius 1 is 1.04 bits per heavy atom. The fraction of sp³-hybridized carbons (Fsp3) is 0.667. The zero-order chi connectivity index (χ0) is 17.2. The third-order valence-electron chi connectivity index (χ3n) is 5.26. The average molecular weight is 352 g/mol. The number of benzene rings is 1. The molecule has 1 unspecified atom stereocenters. The van der Waals surface area contributed by atoms with Crippen LogP contribution in [0.15, 0.2) is 24.3 Å². The second-order valence-corrected chi connectivity index (χ2v) is 9.14. The molecule has 1 atom stereocenters. The molecule has 2 aliphatic heterocycles. The lowest BCUT2D eigenvalue weighted by Gasteiger charge is -2.38. The molecule has 134 valence electrons. The van der Waals surface area contributed by atoms with E-state index in [0.29, 0.717) is 32.1 Å². The number of rotatable bonds is 4. The van der Waals surface area contributed by atoms with Crippen molar-refractivity contribution in [2.24, 2.45) is 5.92 Å². The van der Waals surface area contributed by atoms with Crippen LogP contribution in [-0.2, 0) is 16.8 Å². The molecule has 2 aliphatic rings. The van der Waals surface area contributed by atoms with Gasteiger partial charge in [-0.25, -0.2) is 0 Å². The predicted molar refractivity (Wildman–Crippen MR) is 96.9 cm³/mol. The van der Waals surface area contributed by atoms with Gasteiger partial charge in [0, 0.05) is 45.8 Å².